The van der Waals surface area contributed by atoms with Crippen LogP contribution < -0.4 is 15.5 Å². The van der Waals surface area contributed by atoms with Gasteiger partial charge in [-0.1, -0.05) is 37.3 Å². The lowest BCUT2D eigenvalue weighted by Gasteiger charge is -2.34. The van der Waals surface area contributed by atoms with Gasteiger partial charge in [0.05, 0.1) is 17.7 Å². The number of carbonyl (C=O) groups is 2. The van der Waals surface area contributed by atoms with E-state index < -0.39 is 6.09 Å². The maximum absolute atomic E-state index is 11.9. The Kier molecular flexibility index (Phi) is 8.72. The van der Waals surface area contributed by atoms with Crippen molar-refractivity contribution >= 4 is 29.6 Å². The third-order valence-corrected chi connectivity index (χ3v) is 6.65. The summed E-state index contributed by atoms with van der Waals surface area (Å²) in [4.78, 5) is 29.3. The summed E-state index contributed by atoms with van der Waals surface area (Å²) in [6.07, 6.45) is 0.579. The van der Waals surface area contributed by atoms with Crippen LogP contribution in [0.25, 0.3) is 0 Å². The number of nitrogens with zero attached hydrogens (tertiary/aromatic N) is 4. The van der Waals surface area contributed by atoms with Crippen molar-refractivity contribution in [2.24, 2.45) is 0 Å². The summed E-state index contributed by atoms with van der Waals surface area (Å²) >= 11 is 1.49. The Morgan fingerprint density at radius 2 is 1.85 bits per heavy atom. The Morgan fingerprint density at radius 3 is 2.44 bits per heavy atom. The number of piperidine rings is 1. The first kappa shape index (κ1) is 24.9. The van der Waals surface area contributed by atoms with Gasteiger partial charge in [0.1, 0.15) is 23.0 Å². The molecule has 0 atom stereocenters. The number of benzene rings is 1. The molecule has 2 amide bonds. The fourth-order valence-corrected chi connectivity index (χ4v) is 4.87. The summed E-state index contributed by atoms with van der Waals surface area (Å²) in [5.41, 5.74) is 2.71. The van der Waals surface area contributed by atoms with Gasteiger partial charge in [0.25, 0.3) is 0 Å². The third kappa shape index (κ3) is 6.18. The van der Waals surface area contributed by atoms with Crippen LogP contribution in [-0.2, 0) is 17.0 Å². The highest BCUT2D eigenvalue weighted by Gasteiger charge is 2.27. The molecule has 3 rings (SSSR count). The predicted octanol–water partition coefficient (Wildman–Crippen LogP) is 3.03. The number of nitriles is 2. The summed E-state index contributed by atoms with van der Waals surface area (Å²) in [6.45, 7) is 2.81. The van der Waals surface area contributed by atoms with Gasteiger partial charge in [-0.3, -0.25) is 4.79 Å². The lowest BCUT2D eigenvalue weighted by Crippen LogP contribution is -2.47. The number of carboxylic acid groups (broad SMARTS) is 1. The lowest BCUT2D eigenvalue weighted by molar-refractivity contribution is -0.121. The molecule has 34 heavy (non-hydrogen) atoms. The van der Waals surface area contributed by atoms with Crippen molar-refractivity contribution in [2.45, 2.75) is 43.0 Å². The van der Waals surface area contributed by atoms with Crippen molar-refractivity contribution in [1.82, 2.24) is 15.6 Å². The number of hydrogen-bond acceptors (Lipinski definition) is 7. The van der Waals surface area contributed by atoms with Crippen LogP contribution in [0.15, 0.2) is 35.4 Å². The first-order valence-corrected chi connectivity index (χ1v) is 12.0. The molecule has 1 aromatic carbocycles. The first-order valence-electron chi connectivity index (χ1n) is 11.0. The van der Waals surface area contributed by atoms with Gasteiger partial charge in [-0.15, -0.1) is 11.8 Å². The number of carbonyl (C=O) groups excluding carboxylic acids is 1. The predicted molar refractivity (Wildman–Crippen MR) is 128 cm³/mol. The number of anilines is 1. The minimum Gasteiger partial charge on any atom is -0.465 e. The van der Waals surface area contributed by atoms with Crippen molar-refractivity contribution in [1.29, 1.82) is 10.5 Å². The van der Waals surface area contributed by atoms with E-state index in [1.54, 1.807) is 0 Å². The van der Waals surface area contributed by atoms with Crippen LogP contribution in [-0.4, -0.2) is 47.8 Å². The van der Waals surface area contributed by atoms with Crippen molar-refractivity contribution in [3.63, 3.8) is 0 Å². The van der Waals surface area contributed by atoms with Crippen LogP contribution >= 0.6 is 11.8 Å². The van der Waals surface area contributed by atoms with Gasteiger partial charge in [-0.25, -0.2) is 9.78 Å². The van der Waals surface area contributed by atoms with Gasteiger partial charge in [-0.05, 0) is 30.4 Å². The van der Waals surface area contributed by atoms with Gasteiger partial charge in [0.15, 0.2) is 0 Å². The molecule has 2 heterocycles. The normalized spacial score (nSPS) is 13.6. The molecule has 1 aromatic heterocycles. The average molecular weight is 479 g/mol. The molecule has 10 heteroatoms. The second kappa shape index (κ2) is 11.9. The van der Waals surface area contributed by atoms with E-state index in [9.17, 15) is 20.1 Å². The van der Waals surface area contributed by atoms with Crippen LogP contribution in [0.4, 0.5) is 10.6 Å². The van der Waals surface area contributed by atoms with Crippen molar-refractivity contribution < 1.29 is 14.7 Å². The molecular formula is C24H26N6O3S. The van der Waals surface area contributed by atoms with Gasteiger partial charge in [0.2, 0.25) is 5.91 Å². The summed E-state index contributed by atoms with van der Waals surface area (Å²) in [5, 5.41) is 33.9. The standard InChI is InChI=1S/C24H26N6O3S/c1-2-18-19(12-25)22(29-23(20(18)13-26)34-15-16-6-4-3-5-7-16)30-10-8-17(9-11-30)28-21(31)14-27-24(32)33/h3-7,17,27H,2,8-11,14-15H2,1H3,(H,28,31)(H,32,33). The fourth-order valence-electron chi connectivity index (χ4n) is 3.91. The van der Waals surface area contributed by atoms with E-state index in [4.69, 9.17) is 10.1 Å². The SMILES string of the molecule is CCc1c(C#N)c(SCc2ccccc2)nc(N2CCC(NC(=O)CNC(=O)O)CC2)c1C#N. The maximum Gasteiger partial charge on any atom is 0.405 e. The second-order valence-electron chi connectivity index (χ2n) is 7.81. The summed E-state index contributed by atoms with van der Waals surface area (Å²) in [7, 11) is 0. The fraction of sp³-hybridized carbons (Fsp3) is 0.375. The second-order valence-corrected chi connectivity index (χ2v) is 8.77. The molecule has 0 unspecified atom stereocenters. The highest BCUT2D eigenvalue weighted by Crippen LogP contribution is 2.34. The molecule has 3 N–H and O–H groups in total. The Balaban J connectivity index is 1.78. The van der Waals surface area contributed by atoms with E-state index >= 15 is 0 Å². The molecule has 2 aromatic rings. The number of rotatable bonds is 8. The van der Waals surface area contributed by atoms with Crippen molar-refractivity contribution in [2.75, 3.05) is 24.5 Å². The van der Waals surface area contributed by atoms with E-state index in [2.05, 4.69) is 22.8 Å². The molecule has 1 aliphatic heterocycles. The Morgan fingerprint density at radius 1 is 1.18 bits per heavy atom. The van der Waals surface area contributed by atoms with Gasteiger partial charge in [-0.2, -0.15) is 10.5 Å². The molecule has 176 valence electrons. The Bertz CT molecular complexity index is 1120. The summed E-state index contributed by atoms with van der Waals surface area (Å²) in [5.74, 6) is 0.865. The number of thioether (sulfide) groups is 1. The highest BCUT2D eigenvalue weighted by molar-refractivity contribution is 7.98. The molecule has 0 saturated carbocycles. The number of pyridine rings is 1. The zero-order valence-corrected chi connectivity index (χ0v) is 19.7. The van der Waals surface area contributed by atoms with Crippen LogP contribution in [0.1, 0.15) is 42.0 Å². The third-order valence-electron chi connectivity index (χ3n) is 5.60. The Hall–Kier alpha value is -3.76. The molecular weight excluding hydrogens is 452 g/mol. The van der Waals surface area contributed by atoms with Crippen molar-refractivity contribution in [3.05, 3.63) is 52.6 Å². The van der Waals surface area contributed by atoms with E-state index in [0.717, 1.165) is 5.56 Å². The molecule has 9 nitrogen and oxygen atoms in total. The molecule has 0 spiro atoms. The van der Waals surface area contributed by atoms with Crippen LogP contribution in [0, 0.1) is 22.7 Å². The van der Waals surface area contributed by atoms with Crippen LogP contribution in [0.5, 0.6) is 0 Å². The van der Waals surface area contributed by atoms with Crippen LogP contribution in [0.3, 0.4) is 0 Å². The van der Waals surface area contributed by atoms with Crippen LogP contribution in [0.2, 0.25) is 0 Å². The van der Waals surface area contributed by atoms with E-state index in [1.807, 2.05) is 42.2 Å². The van der Waals surface area contributed by atoms with E-state index in [0.29, 0.717) is 65.6 Å². The molecule has 0 aliphatic carbocycles. The minimum absolute atomic E-state index is 0.0826. The molecule has 1 saturated heterocycles. The Labute approximate surface area is 202 Å². The zero-order chi connectivity index (χ0) is 24.5. The topological polar surface area (TPSA) is 142 Å². The number of hydrogen-bond donors (Lipinski definition) is 3. The molecule has 0 bridgehead atoms. The van der Waals surface area contributed by atoms with E-state index in [1.165, 1.54) is 11.8 Å². The molecule has 0 radical (unpaired) electrons. The molecule has 1 aliphatic rings. The summed E-state index contributed by atoms with van der Waals surface area (Å²) in [6, 6.07) is 14.4. The minimum atomic E-state index is -1.24. The number of amides is 2. The van der Waals surface area contributed by atoms with Gasteiger partial charge < -0.3 is 20.6 Å². The number of aromatic nitrogens is 1. The lowest BCUT2D eigenvalue weighted by atomic mass is 10.00. The van der Waals surface area contributed by atoms with Crippen molar-refractivity contribution in [3.8, 4) is 12.1 Å². The maximum atomic E-state index is 11.9. The highest BCUT2D eigenvalue weighted by atomic mass is 32.2. The van der Waals surface area contributed by atoms with Gasteiger partial charge >= 0.3 is 6.09 Å². The number of nitrogens with one attached hydrogen (secondary N) is 2. The van der Waals surface area contributed by atoms with E-state index in [-0.39, 0.29) is 18.5 Å². The first-order chi connectivity index (χ1) is 16.5. The molecule has 1 fully saturated rings. The average Bonchev–Trinajstić information content (AvgIpc) is 2.86. The zero-order valence-electron chi connectivity index (χ0n) is 18.9. The quantitative estimate of drug-likeness (QED) is 0.492. The smallest absolute Gasteiger partial charge is 0.405 e. The largest absolute Gasteiger partial charge is 0.465 e. The summed E-state index contributed by atoms with van der Waals surface area (Å²) < 4.78 is 0. The van der Waals surface area contributed by atoms with Gasteiger partial charge in [0, 0.05) is 24.9 Å². The monoisotopic (exact) mass is 478 g/mol.